The van der Waals surface area contributed by atoms with Gasteiger partial charge in [-0.2, -0.15) is 0 Å². The molecule has 2 aromatic rings. The number of hydrogen-bond acceptors (Lipinski definition) is 7. The minimum Gasteiger partial charge on any atom is -0.477 e. The number of thiazole rings is 1. The van der Waals surface area contributed by atoms with Crippen molar-refractivity contribution in [1.29, 1.82) is 0 Å². The Bertz CT molecular complexity index is 670. The van der Waals surface area contributed by atoms with Gasteiger partial charge in [-0.15, -0.1) is 11.3 Å². The summed E-state index contributed by atoms with van der Waals surface area (Å²) >= 11 is 1.50. The van der Waals surface area contributed by atoms with Crippen LogP contribution in [0.4, 0.5) is 11.5 Å². The van der Waals surface area contributed by atoms with Crippen LogP contribution in [0.1, 0.15) is 21.1 Å². The zero-order chi connectivity index (χ0) is 14.7. The molecule has 0 unspecified atom stereocenters. The molecular formula is C11H10N4O4S. The summed E-state index contributed by atoms with van der Waals surface area (Å²) in [6.45, 7) is 2.25. The number of anilines is 1. The molecule has 0 radical (unpaired) electrons. The molecule has 20 heavy (non-hydrogen) atoms. The van der Waals surface area contributed by atoms with Crippen LogP contribution in [0, 0.1) is 17.0 Å². The monoisotopic (exact) mass is 294 g/mol. The number of aryl methyl sites for hydroxylation is 1. The number of aromatic nitrogens is 2. The summed E-state index contributed by atoms with van der Waals surface area (Å²) < 4.78 is 0. The van der Waals surface area contributed by atoms with E-state index < -0.39 is 22.1 Å². The highest BCUT2D eigenvalue weighted by Gasteiger charge is 2.20. The Kier molecular flexibility index (Phi) is 3.89. The molecule has 0 aromatic carbocycles. The fourth-order valence-corrected chi connectivity index (χ4v) is 2.14. The van der Waals surface area contributed by atoms with E-state index in [2.05, 4.69) is 15.3 Å². The SMILES string of the molecule is Cc1nc(CNc2cc(C(=O)O)c([N+](=O)[O-])cn2)cs1. The first-order chi connectivity index (χ1) is 9.47. The van der Waals surface area contributed by atoms with Gasteiger partial charge in [-0.3, -0.25) is 10.1 Å². The van der Waals surface area contributed by atoms with Crippen molar-refractivity contribution in [2.45, 2.75) is 13.5 Å². The molecule has 0 bridgehead atoms. The van der Waals surface area contributed by atoms with Crippen molar-refractivity contribution in [2.75, 3.05) is 5.32 Å². The molecule has 0 atom stereocenters. The molecule has 104 valence electrons. The molecule has 2 rings (SSSR count). The zero-order valence-electron chi connectivity index (χ0n) is 10.4. The lowest BCUT2D eigenvalue weighted by atomic mass is 10.2. The van der Waals surface area contributed by atoms with Crippen molar-refractivity contribution in [3.8, 4) is 0 Å². The van der Waals surface area contributed by atoms with Crippen LogP contribution >= 0.6 is 11.3 Å². The van der Waals surface area contributed by atoms with Crippen molar-refractivity contribution in [1.82, 2.24) is 9.97 Å². The average molecular weight is 294 g/mol. The minimum absolute atomic E-state index is 0.249. The summed E-state index contributed by atoms with van der Waals surface area (Å²) in [6.07, 6.45) is 0.929. The average Bonchev–Trinajstić information content (AvgIpc) is 2.81. The first-order valence-corrected chi connectivity index (χ1v) is 6.38. The Morgan fingerprint density at radius 3 is 2.90 bits per heavy atom. The summed E-state index contributed by atoms with van der Waals surface area (Å²) in [5, 5.41) is 25.3. The summed E-state index contributed by atoms with van der Waals surface area (Å²) in [6, 6.07) is 1.14. The topological polar surface area (TPSA) is 118 Å². The summed E-state index contributed by atoms with van der Waals surface area (Å²) in [5.74, 6) is -1.12. The van der Waals surface area contributed by atoms with Crippen LogP contribution in [0.3, 0.4) is 0 Å². The molecule has 0 fully saturated rings. The van der Waals surface area contributed by atoms with E-state index in [9.17, 15) is 14.9 Å². The first-order valence-electron chi connectivity index (χ1n) is 5.50. The molecule has 0 spiro atoms. The van der Waals surface area contributed by atoms with Gasteiger partial charge in [0.1, 0.15) is 17.6 Å². The summed E-state index contributed by atoms with van der Waals surface area (Å²) in [5.41, 5.74) is -0.140. The highest BCUT2D eigenvalue weighted by Crippen LogP contribution is 2.20. The first kappa shape index (κ1) is 13.9. The Labute approximate surface area is 117 Å². The second-order valence-corrected chi connectivity index (χ2v) is 4.92. The number of aromatic carboxylic acids is 1. The number of hydrogen-bond donors (Lipinski definition) is 2. The standard InChI is InChI=1S/C11H10N4O4S/c1-6-14-7(5-20-6)3-12-10-2-8(11(16)17)9(4-13-10)15(18)19/h2,4-5H,3H2,1H3,(H,12,13)(H,16,17). The maximum atomic E-state index is 11.0. The van der Waals surface area contributed by atoms with Crippen LogP contribution in [0.2, 0.25) is 0 Å². The zero-order valence-corrected chi connectivity index (χ0v) is 11.2. The fraction of sp³-hybridized carbons (Fsp3) is 0.182. The highest BCUT2D eigenvalue weighted by molar-refractivity contribution is 7.09. The fourth-order valence-electron chi connectivity index (χ4n) is 1.53. The van der Waals surface area contributed by atoms with Crippen LogP contribution in [0.5, 0.6) is 0 Å². The number of carboxylic acid groups (broad SMARTS) is 1. The number of nitrogens with one attached hydrogen (secondary N) is 1. The Morgan fingerprint density at radius 2 is 2.35 bits per heavy atom. The van der Waals surface area contributed by atoms with Gasteiger partial charge in [-0.05, 0) is 6.92 Å². The van der Waals surface area contributed by atoms with Crippen LogP contribution in [0.25, 0.3) is 0 Å². The molecule has 2 aromatic heterocycles. The second-order valence-electron chi connectivity index (χ2n) is 3.86. The molecule has 0 aliphatic rings. The molecule has 8 nitrogen and oxygen atoms in total. The van der Waals surface area contributed by atoms with Gasteiger partial charge in [0.05, 0.1) is 22.2 Å². The van der Waals surface area contributed by atoms with E-state index in [1.807, 2.05) is 12.3 Å². The normalized spacial score (nSPS) is 10.2. The maximum absolute atomic E-state index is 11.0. The smallest absolute Gasteiger partial charge is 0.342 e. The molecule has 9 heteroatoms. The summed E-state index contributed by atoms with van der Waals surface area (Å²) in [7, 11) is 0. The van der Waals surface area contributed by atoms with Crippen molar-refractivity contribution >= 4 is 28.8 Å². The number of rotatable bonds is 5. The van der Waals surface area contributed by atoms with Crippen LogP contribution in [-0.4, -0.2) is 26.0 Å². The van der Waals surface area contributed by atoms with Gasteiger partial charge in [0.25, 0.3) is 0 Å². The van der Waals surface area contributed by atoms with Gasteiger partial charge >= 0.3 is 11.7 Å². The van der Waals surface area contributed by atoms with E-state index in [4.69, 9.17) is 5.11 Å². The molecule has 0 aliphatic heterocycles. The van der Waals surface area contributed by atoms with Crippen LogP contribution in [0.15, 0.2) is 17.6 Å². The number of nitro groups is 1. The van der Waals surface area contributed by atoms with Gasteiger partial charge in [-0.25, -0.2) is 14.8 Å². The van der Waals surface area contributed by atoms with Gasteiger partial charge in [0, 0.05) is 11.4 Å². The molecule has 2 N–H and O–H groups in total. The lowest BCUT2D eigenvalue weighted by Gasteiger charge is -2.04. The molecule has 0 saturated heterocycles. The third-order valence-electron chi connectivity index (χ3n) is 2.43. The lowest BCUT2D eigenvalue weighted by Crippen LogP contribution is -2.07. The van der Waals surface area contributed by atoms with Gasteiger partial charge < -0.3 is 10.4 Å². The quantitative estimate of drug-likeness (QED) is 0.640. The van der Waals surface area contributed by atoms with E-state index >= 15 is 0 Å². The van der Waals surface area contributed by atoms with E-state index in [-0.39, 0.29) is 5.82 Å². The lowest BCUT2D eigenvalue weighted by molar-refractivity contribution is -0.385. The van der Waals surface area contributed by atoms with Crippen molar-refractivity contribution in [3.05, 3.63) is 44.0 Å². The maximum Gasteiger partial charge on any atom is 0.342 e. The Hall–Kier alpha value is -2.55. The van der Waals surface area contributed by atoms with Crippen LogP contribution in [-0.2, 0) is 6.54 Å². The predicted octanol–water partition coefficient (Wildman–Crippen LogP) is 2.07. The minimum atomic E-state index is -1.37. The van der Waals surface area contributed by atoms with Gasteiger partial charge in [0.15, 0.2) is 0 Å². The van der Waals surface area contributed by atoms with Crippen molar-refractivity contribution < 1.29 is 14.8 Å². The molecular weight excluding hydrogens is 284 g/mol. The van der Waals surface area contributed by atoms with Gasteiger partial charge in [0.2, 0.25) is 0 Å². The molecule has 2 heterocycles. The second kappa shape index (κ2) is 5.61. The Morgan fingerprint density at radius 1 is 1.60 bits per heavy atom. The highest BCUT2D eigenvalue weighted by atomic mass is 32.1. The number of nitrogens with zero attached hydrogens (tertiary/aromatic N) is 3. The summed E-state index contributed by atoms with van der Waals surface area (Å²) in [4.78, 5) is 29.0. The van der Waals surface area contributed by atoms with E-state index in [0.29, 0.717) is 6.54 Å². The Balaban J connectivity index is 2.18. The molecule has 0 amide bonds. The predicted molar refractivity (Wildman–Crippen MR) is 72.0 cm³/mol. The van der Waals surface area contributed by atoms with Gasteiger partial charge in [-0.1, -0.05) is 0 Å². The van der Waals surface area contributed by atoms with Crippen molar-refractivity contribution in [2.24, 2.45) is 0 Å². The third-order valence-corrected chi connectivity index (χ3v) is 3.25. The van der Waals surface area contributed by atoms with Crippen molar-refractivity contribution in [3.63, 3.8) is 0 Å². The van der Waals surface area contributed by atoms with Crippen LogP contribution < -0.4 is 5.32 Å². The largest absolute Gasteiger partial charge is 0.477 e. The molecule has 0 saturated carbocycles. The van der Waals surface area contributed by atoms with E-state index in [0.717, 1.165) is 23.0 Å². The number of carboxylic acids is 1. The van der Waals surface area contributed by atoms with E-state index in [1.54, 1.807) is 0 Å². The number of pyridine rings is 1. The van der Waals surface area contributed by atoms with E-state index in [1.165, 1.54) is 11.3 Å². The molecule has 0 aliphatic carbocycles. The third kappa shape index (κ3) is 3.06. The number of carbonyl (C=O) groups is 1.